The highest BCUT2D eigenvalue weighted by atomic mass is 16.2. The second-order valence-electron chi connectivity index (χ2n) is 8.05. The molecule has 1 aliphatic heterocycles. The molecule has 1 saturated heterocycles. The number of piperidine rings is 1. The lowest BCUT2D eigenvalue weighted by Crippen LogP contribution is -2.41. The highest BCUT2D eigenvalue weighted by molar-refractivity contribution is 6.22. The Morgan fingerprint density at radius 2 is 2.12 bits per heavy atom. The maximum absolute atomic E-state index is 12.8. The number of nitrogens with zero attached hydrogens (tertiary/aromatic N) is 4. The van der Waals surface area contributed by atoms with Gasteiger partial charge in [0.05, 0.1) is 30.1 Å². The number of likely N-dealkylation sites (tertiary alicyclic amines) is 1. The third-order valence-corrected chi connectivity index (χ3v) is 5.71. The van der Waals surface area contributed by atoms with Crippen LogP contribution in [-0.4, -0.2) is 58.1 Å². The number of rotatable bonds is 9. The normalized spacial score (nSPS) is 16.4. The summed E-state index contributed by atoms with van der Waals surface area (Å²) in [5, 5.41) is 14.6. The summed E-state index contributed by atoms with van der Waals surface area (Å²) in [4.78, 5) is 47.6. The highest BCUT2D eigenvalue weighted by Crippen LogP contribution is 2.28. The van der Waals surface area contributed by atoms with Crippen LogP contribution in [0, 0.1) is 17.2 Å². The largest absolute Gasteiger partial charge is 0.366 e. The molecule has 0 spiro atoms. The van der Waals surface area contributed by atoms with Gasteiger partial charge >= 0.3 is 0 Å². The summed E-state index contributed by atoms with van der Waals surface area (Å²) in [5.41, 5.74) is 1.81. The van der Waals surface area contributed by atoms with Gasteiger partial charge in [0.1, 0.15) is 5.82 Å². The standard InChI is InChI=1S/C23H28N6O3/c1-3-21(31)29-11-7-16(8-12-29)27-20-14-26-18-6-5-17(22(18)28-20)19(30)13-15(2)23(32)25-10-4-9-24/h3,5,14-16H,1,4,6-8,10-13H2,2H3,(H,25,32)(H,27,28)/t15-/m1/s1. The smallest absolute Gasteiger partial charge is 0.245 e. The van der Waals surface area contributed by atoms with Crippen molar-refractivity contribution in [2.24, 2.45) is 5.92 Å². The van der Waals surface area contributed by atoms with Gasteiger partial charge in [-0.25, -0.2) is 4.98 Å². The van der Waals surface area contributed by atoms with Crippen LogP contribution >= 0.6 is 0 Å². The van der Waals surface area contributed by atoms with Crippen molar-refractivity contribution in [1.29, 1.82) is 5.26 Å². The molecule has 32 heavy (non-hydrogen) atoms. The summed E-state index contributed by atoms with van der Waals surface area (Å²) in [6.45, 7) is 6.81. The van der Waals surface area contributed by atoms with E-state index in [9.17, 15) is 14.4 Å². The molecule has 168 valence electrons. The van der Waals surface area contributed by atoms with Crippen molar-refractivity contribution in [3.8, 4) is 6.07 Å². The third kappa shape index (κ3) is 5.58. The van der Waals surface area contributed by atoms with Crippen molar-refractivity contribution < 1.29 is 14.4 Å². The number of carbonyl (C=O) groups excluding carboxylic acids is 3. The minimum Gasteiger partial charge on any atom is -0.366 e. The third-order valence-electron chi connectivity index (χ3n) is 5.71. The molecule has 9 nitrogen and oxygen atoms in total. The summed E-state index contributed by atoms with van der Waals surface area (Å²) >= 11 is 0. The summed E-state index contributed by atoms with van der Waals surface area (Å²) in [6, 6.07) is 2.13. The first kappa shape index (κ1) is 23.1. The minimum atomic E-state index is -0.496. The molecular weight excluding hydrogens is 408 g/mol. The Morgan fingerprint density at radius 1 is 1.38 bits per heavy atom. The van der Waals surface area contributed by atoms with E-state index < -0.39 is 5.92 Å². The van der Waals surface area contributed by atoms with Crippen LogP contribution in [0.15, 0.2) is 24.9 Å². The van der Waals surface area contributed by atoms with Gasteiger partial charge in [-0.05, 0) is 18.9 Å². The highest BCUT2D eigenvalue weighted by Gasteiger charge is 2.27. The first-order valence-corrected chi connectivity index (χ1v) is 10.8. The van der Waals surface area contributed by atoms with Crippen LogP contribution in [0.4, 0.5) is 5.82 Å². The van der Waals surface area contributed by atoms with Crippen molar-refractivity contribution in [3.63, 3.8) is 0 Å². The molecular formula is C23H28N6O3. The lowest BCUT2D eigenvalue weighted by Gasteiger charge is -2.32. The summed E-state index contributed by atoms with van der Waals surface area (Å²) in [6.07, 6.45) is 7.24. The van der Waals surface area contributed by atoms with Crippen molar-refractivity contribution >= 4 is 29.0 Å². The van der Waals surface area contributed by atoms with E-state index in [-0.39, 0.29) is 43.0 Å². The van der Waals surface area contributed by atoms with Crippen LogP contribution < -0.4 is 10.6 Å². The van der Waals surface area contributed by atoms with E-state index in [1.54, 1.807) is 18.0 Å². The van der Waals surface area contributed by atoms with Gasteiger partial charge in [0.2, 0.25) is 11.8 Å². The number of nitrogens with one attached hydrogen (secondary N) is 2. The van der Waals surface area contributed by atoms with Gasteiger partial charge in [-0.1, -0.05) is 19.6 Å². The first-order chi connectivity index (χ1) is 15.4. The molecule has 2 heterocycles. The molecule has 0 bridgehead atoms. The van der Waals surface area contributed by atoms with Gasteiger partial charge < -0.3 is 15.5 Å². The zero-order valence-electron chi connectivity index (χ0n) is 18.3. The summed E-state index contributed by atoms with van der Waals surface area (Å²) < 4.78 is 0. The number of hydrogen-bond donors (Lipinski definition) is 2. The average Bonchev–Trinajstić information content (AvgIpc) is 3.22. The van der Waals surface area contributed by atoms with Crippen LogP contribution in [-0.2, 0) is 20.8 Å². The quantitative estimate of drug-likeness (QED) is 0.445. The molecule has 1 aliphatic carbocycles. The van der Waals surface area contributed by atoms with Crippen molar-refractivity contribution in [2.75, 3.05) is 25.0 Å². The Bertz CT molecular complexity index is 972. The summed E-state index contributed by atoms with van der Waals surface area (Å²) in [7, 11) is 0. The van der Waals surface area contributed by atoms with E-state index in [4.69, 9.17) is 5.26 Å². The fraction of sp³-hybridized carbons (Fsp3) is 0.478. The van der Waals surface area contributed by atoms with Gasteiger partial charge in [-0.2, -0.15) is 5.26 Å². The van der Waals surface area contributed by atoms with E-state index >= 15 is 0 Å². The number of carbonyl (C=O) groups is 3. The van der Waals surface area contributed by atoms with Gasteiger partial charge in [0, 0.05) is 50.0 Å². The Hall–Kier alpha value is -3.54. The number of amides is 2. The molecule has 0 aromatic carbocycles. The number of fused-ring (bicyclic) bond motifs is 1. The number of hydrogen-bond acceptors (Lipinski definition) is 7. The fourth-order valence-electron chi connectivity index (χ4n) is 3.87. The zero-order chi connectivity index (χ0) is 23.1. The molecule has 1 aromatic heterocycles. The van der Waals surface area contributed by atoms with E-state index in [0.717, 1.165) is 18.5 Å². The SMILES string of the molecule is C=CC(=O)N1CCC(Nc2cnc3c(n2)C(C(=O)C[C@@H](C)C(=O)NCCC#N)=CC3)CC1. The van der Waals surface area contributed by atoms with Gasteiger partial charge in [-0.3, -0.25) is 19.4 Å². The molecule has 1 fully saturated rings. The number of allylic oxidation sites excluding steroid dienone is 2. The predicted octanol–water partition coefficient (Wildman–Crippen LogP) is 1.63. The molecule has 0 radical (unpaired) electrons. The maximum atomic E-state index is 12.8. The van der Waals surface area contributed by atoms with Crippen LogP contribution in [0.1, 0.15) is 44.0 Å². The van der Waals surface area contributed by atoms with Gasteiger partial charge in [0.25, 0.3) is 0 Å². The van der Waals surface area contributed by atoms with Crippen molar-refractivity contribution in [1.82, 2.24) is 20.2 Å². The number of anilines is 1. The Kier molecular flexibility index (Phi) is 7.71. The zero-order valence-corrected chi connectivity index (χ0v) is 18.3. The molecule has 2 N–H and O–H groups in total. The maximum Gasteiger partial charge on any atom is 0.245 e. The van der Waals surface area contributed by atoms with E-state index in [0.29, 0.717) is 36.6 Å². The molecule has 1 atom stereocenters. The van der Waals surface area contributed by atoms with E-state index in [1.807, 2.05) is 12.1 Å². The number of ketones is 1. The number of nitriles is 1. The Morgan fingerprint density at radius 3 is 2.81 bits per heavy atom. The summed E-state index contributed by atoms with van der Waals surface area (Å²) in [5.74, 6) is -0.337. The Balaban J connectivity index is 1.59. The molecule has 2 aliphatic rings. The molecule has 0 unspecified atom stereocenters. The number of Topliss-reactive ketones (excluding diaryl/α,β-unsaturated/α-hetero) is 1. The second-order valence-corrected chi connectivity index (χ2v) is 8.05. The molecule has 3 rings (SSSR count). The molecule has 1 aromatic rings. The van der Waals surface area contributed by atoms with E-state index in [2.05, 4.69) is 27.2 Å². The lowest BCUT2D eigenvalue weighted by molar-refractivity contribution is -0.127. The van der Waals surface area contributed by atoms with Crippen LogP contribution in [0.25, 0.3) is 5.57 Å². The molecule has 0 saturated carbocycles. The van der Waals surface area contributed by atoms with Crippen LogP contribution in [0.2, 0.25) is 0 Å². The number of aromatic nitrogens is 2. The van der Waals surface area contributed by atoms with Crippen LogP contribution in [0.3, 0.4) is 0 Å². The van der Waals surface area contributed by atoms with Gasteiger partial charge in [-0.15, -0.1) is 0 Å². The average molecular weight is 437 g/mol. The molecule has 2 amide bonds. The minimum absolute atomic E-state index is 0.0537. The van der Waals surface area contributed by atoms with Crippen molar-refractivity contribution in [3.05, 3.63) is 36.3 Å². The molecule has 9 heteroatoms. The predicted molar refractivity (Wildman–Crippen MR) is 119 cm³/mol. The Labute approximate surface area is 187 Å². The topological polar surface area (TPSA) is 128 Å². The van der Waals surface area contributed by atoms with Gasteiger partial charge in [0.15, 0.2) is 5.78 Å². The monoisotopic (exact) mass is 436 g/mol. The second kappa shape index (κ2) is 10.7. The van der Waals surface area contributed by atoms with E-state index in [1.165, 1.54) is 6.08 Å². The first-order valence-electron chi connectivity index (χ1n) is 10.8. The fourth-order valence-corrected chi connectivity index (χ4v) is 3.87. The van der Waals surface area contributed by atoms with Crippen LogP contribution in [0.5, 0.6) is 0 Å². The lowest BCUT2D eigenvalue weighted by atomic mass is 9.98. The van der Waals surface area contributed by atoms with Crippen molar-refractivity contribution in [2.45, 2.75) is 45.1 Å².